The van der Waals surface area contributed by atoms with E-state index < -0.39 is 0 Å². The van der Waals surface area contributed by atoms with Gasteiger partial charge < -0.3 is 19.3 Å². The number of aryl methyl sites for hydroxylation is 1. The summed E-state index contributed by atoms with van der Waals surface area (Å²) < 4.78 is 16.2. The zero-order valence-corrected chi connectivity index (χ0v) is 17.8. The van der Waals surface area contributed by atoms with Gasteiger partial charge in [0.05, 0.1) is 13.7 Å². The monoisotopic (exact) mass is 432 g/mol. The molecular formula is C24H24N4O4. The first-order chi connectivity index (χ1) is 15.7. The highest BCUT2D eigenvalue weighted by Crippen LogP contribution is 2.23. The Balaban J connectivity index is 1.17. The van der Waals surface area contributed by atoms with E-state index in [1.165, 1.54) is 0 Å². The van der Waals surface area contributed by atoms with Crippen LogP contribution in [0.1, 0.15) is 18.7 Å². The van der Waals surface area contributed by atoms with E-state index >= 15 is 0 Å². The number of carbonyl (C=O) groups is 1. The topological polar surface area (TPSA) is 99.4 Å². The van der Waals surface area contributed by atoms with Gasteiger partial charge in [0.1, 0.15) is 17.0 Å². The molecule has 0 atom stereocenters. The average Bonchev–Trinajstić information content (AvgIpc) is 3.32. The molecule has 0 saturated carbocycles. The summed E-state index contributed by atoms with van der Waals surface area (Å²) in [5.41, 5.74) is 1.67. The van der Waals surface area contributed by atoms with Crippen LogP contribution < -0.4 is 14.8 Å². The molecule has 8 nitrogen and oxygen atoms in total. The van der Waals surface area contributed by atoms with Crippen LogP contribution in [0.3, 0.4) is 0 Å². The molecular weight excluding hydrogens is 408 g/mol. The van der Waals surface area contributed by atoms with Crippen molar-refractivity contribution in [1.82, 2.24) is 20.4 Å². The molecule has 32 heavy (non-hydrogen) atoms. The number of aromatic nitrogens is 3. The zero-order chi connectivity index (χ0) is 22.2. The molecule has 0 aliphatic carbocycles. The smallest absolute Gasteiger partial charge is 0.227 e. The number of benzene rings is 2. The minimum atomic E-state index is -0.0685. The Bertz CT molecular complexity index is 1170. The maximum atomic E-state index is 12.1. The molecule has 0 fully saturated rings. The van der Waals surface area contributed by atoms with Crippen LogP contribution >= 0.6 is 0 Å². The lowest BCUT2D eigenvalue weighted by atomic mass is 10.2. The second-order valence-corrected chi connectivity index (χ2v) is 7.12. The number of nitrogens with one attached hydrogen (secondary N) is 1. The van der Waals surface area contributed by atoms with Gasteiger partial charge in [0.25, 0.3) is 0 Å². The van der Waals surface area contributed by atoms with E-state index in [1.54, 1.807) is 13.3 Å². The van der Waals surface area contributed by atoms with Crippen LogP contribution in [0.15, 0.2) is 65.3 Å². The Kier molecular flexibility index (Phi) is 6.91. The molecule has 4 rings (SSSR count). The molecule has 0 spiro atoms. The molecule has 0 saturated heterocycles. The lowest BCUT2D eigenvalue weighted by Gasteiger charge is -2.09. The van der Waals surface area contributed by atoms with Gasteiger partial charge in [-0.25, -0.2) is 0 Å². The normalized spacial score (nSPS) is 10.8. The molecule has 2 heterocycles. The summed E-state index contributed by atoms with van der Waals surface area (Å²) in [7, 11) is 1.61. The molecule has 2 aromatic carbocycles. The molecule has 0 aliphatic rings. The van der Waals surface area contributed by atoms with Crippen LogP contribution in [0.5, 0.6) is 11.5 Å². The number of amides is 1. The highest BCUT2D eigenvalue weighted by atomic mass is 16.5. The predicted molar refractivity (Wildman–Crippen MR) is 119 cm³/mol. The summed E-state index contributed by atoms with van der Waals surface area (Å²) in [5.74, 6) is 2.36. The molecule has 0 radical (unpaired) electrons. The van der Waals surface area contributed by atoms with Gasteiger partial charge >= 0.3 is 0 Å². The first-order valence-corrected chi connectivity index (χ1v) is 10.4. The third kappa shape index (κ3) is 5.40. The van der Waals surface area contributed by atoms with E-state index in [0.29, 0.717) is 37.7 Å². The molecule has 8 heteroatoms. The fourth-order valence-electron chi connectivity index (χ4n) is 3.20. The van der Waals surface area contributed by atoms with Gasteiger partial charge in [-0.2, -0.15) is 4.98 Å². The lowest BCUT2D eigenvalue weighted by molar-refractivity contribution is -0.121. The third-order valence-electron chi connectivity index (χ3n) is 4.88. The van der Waals surface area contributed by atoms with Gasteiger partial charge in [0.2, 0.25) is 17.6 Å². The molecule has 4 aromatic rings. The molecule has 0 aliphatic heterocycles. The molecule has 0 bridgehead atoms. The van der Waals surface area contributed by atoms with Crippen LogP contribution in [0, 0.1) is 0 Å². The number of hydrogen-bond donors (Lipinski definition) is 1. The standard InChI is InChI=1S/C24H24N4O4/c1-30-19-10-8-18(9-11-19)24-27-22(32-28-24)13-12-21(29)25-15-4-16-31-20-7-2-5-17-6-3-14-26-23(17)20/h2-3,5-11,14H,4,12-13,15-16H2,1H3,(H,25,29). The van der Waals surface area contributed by atoms with Crippen molar-refractivity contribution < 1.29 is 18.8 Å². The Labute approximate surface area is 185 Å². The number of para-hydroxylation sites is 1. The molecule has 0 unspecified atom stereocenters. The van der Waals surface area contributed by atoms with Crippen LogP contribution in [0.2, 0.25) is 0 Å². The SMILES string of the molecule is COc1ccc(-c2noc(CCC(=O)NCCCOc3cccc4cccnc34)n2)cc1. The van der Waals surface area contributed by atoms with Crippen molar-refractivity contribution in [2.45, 2.75) is 19.3 Å². The minimum Gasteiger partial charge on any atom is -0.497 e. The highest BCUT2D eigenvalue weighted by Gasteiger charge is 2.11. The number of carbonyl (C=O) groups excluding carboxylic acids is 1. The van der Waals surface area contributed by atoms with E-state index in [-0.39, 0.29) is 12.3 Å². The summed E-state index contributed by atoms with van der Waals surface area (Å²) in [6.45, 7) is 1.02. The number of rotatable bonds is 10. The highest BCUT2D eigenvalue weighted by molar-refractivity contribution is 5.84. The quantitative estimate of drug-likeness (QED) is 0.380. The number of ether oxygens (including phenoxy) is 2. The number of hydrogen-bond acceptors (Lipinski definition) is 7. The van der Waals surface area contributed by atoms with E-state index in [1.807, 2.05) is 54.6 Å². The number of fused-ring (bicyclic) bond motifs is 1. The summed E-state index contributed by atoms with van der Waals surface area (Å²) >= 11 is 0. The molecule has 164 valence electrons. The summed E-state index contributed by atoms with van der Waals surface area (Å²) in [6, 6.07) is 17.1. The van der Waals surface area contributed by atoms with Crippen LogP contribution in [0.4, 0.5) is 0 Å². The number of nitrogens with zero attached hydrogens (tertiary/aromatic N) is 3. The van der Waals surface area contributed by atoms with Crippen molar-refractivity contribution >= 4 is 16.8 Å². The van der Waals surface area contributed by atoms with Crippen molar-refractivity contribution in [1.29, 1.82) is 0 Å². The minimum absolute atomic E-state index is 0.0685. The molecule has 1 N–H and O–H groups in total. The number of pyridine rings is 1. The van der Waals surface area contributed by atoms with Crippen molar-refractivity contribution in [3.8, 4) is 22.9 Å². The molecule has 1 amide bonds. The largest absolute Gasteiger partial charge is 0.497 e. The van der Waals surface area contributed by atoms with Crippen molar-refractivity contribution in [2.24, 2.45) is 0 Å². The van der Waals surface area contributed by atoms with Gasteiger partial charge in [-0.05, 0) is 42.8 Å². The zero-order valence-electron chi connectivity index (χ0n) is 17.8. The second kappa shape index (κ2) is 10.4. The number of methoxy groups -OCH3 is 1. The van der Waals surface area contributed by atoms with Gasteiger partial charge in [-0.15, -0.1) is 0 Å². The van der Waals surface area contributed by atoms with E-state index in [0.717, 1.165) is 28.0 Å². The van der Waals surface area contributed by atoms with Crippen LogP contribution in [-0.4, -0.2) is 41.3 Å². The van der Waals surface area contributed by atoms with Crippen LogP contribution in [0.25, 0.3) is 22.3 Å². The van der Waals surface area contributed by atoms with E-state index in [4.69, 9.17) is 14.0 Å². The maximum absolute atomic E-state index is 12.1. The van der Waals surface area contributed by atoms with Gasteiger partial charge in [-0.3, -0.25) is 9.78 Å². The van der Waals surface area contributed by atoms with Gasteiger partial charge in [0, 0.05) is 36.5 Å². The Morgan fingerprint density at radius 1 is 1.09 bits per heavy atom. The van der Waals surface area contributed by atoms with Crippen molar-refractivity contribution in [2.75, 3.05) is 20.3 Å². The first-order valence-electron chi connectivity index (χ1n) is 10.4. The van der Waals surface area contributed by atoms with Crippen LogP contribution in [-0.2, 0) is 11.2 Å². The Hall–Kier alpha value is -3.94. The molecule has 2 aromatic heterocycles. The van der Waals surface area contributed by atoms with Crippen molar-refractivity contribution in [3.05, 3.63) is 66.7 Å². The Morgan fingerprint density at radius 2 is 1.94 bits per heavy atom. The predicted octanol–water partition coefficient (Wildman–Crippen LogP) is 3.81. The second-order valence-electron chi connectivity index (χ2n) is 7.12. The fraction of sp³-hybridized carbons (Fsp3) is 0.250. The fourth-order valence-corrected chi connectivity index (χ4v) is 3.20. The van der Waals surface area contributed by atoms with Crippen molar-refractivity contribution in [3.63, 3.8) is 0 Å². The third-order valence-corrected chi connectivity index (χ3v) is 4.88. The van der Waals surface area contributed by atoms with E-state index in [9.17, 15) is 4.79 Å². The summed E-state index contributed by atoms with van der Waals surface area (Å²) in [6.07, 6.45) is 3.10. The maximum Gasteiger partial charge on any atom is 0.227 e. The van der Waals surface area contributed by atoms with E-state index in [2.05, 4.69) is 20.4 Å². The first kappa shape index (κ1) is 21.3. The summed E-state index contributed by atoms with van der Waals surface area (Å²) in [5, 5.41) is 7.90. The summed E-state index contributed by atoms with van der Waals surface area (Å²) in [4.78, 5) is 20.8. The Morgan fingerprint density at radius 3 is 2.78 bits per heavy atom. The lowest BCUT2D eigenvalue weighted by Crippen LogP contribution is -2.25. The van der Waals surface area contributed by atoms with Gasteiger partial charge in [-0.1, -0.05) is 23.4 Å². The van der Waals surface area contributed by atoms with Gasteiger partial charge in [0.15, 0.2) is 0 Å². The average molecular weight is 432 g/mol.